The molecule has 2 heterocycles. The predicted octanol–water partition coefficient (Wildman–Crippen LogP) is 5.87. The van der Waals surface area contributed by atoms with Gasteiger partial charge in [-0.05, 0) is 37.3 Å². The molecular formula is C26H19BrN2O3. The van der Waals surface area contributed by atoms with Crippen LogP contribution in [0.5, 0.6) is 0 Å². The molecule has 0 spiro atoms. The number of Topliss-reactive ketones (excluding diaryl/α,β-unsaturated/α-hetero) is 1. The van der Waals surface area contributed by atoms with Crippen LogP contribution in [0.15, 0.2) is 89.0 Å². The zero-order valence-corrected chi connectivity index (χ0v) is 18.8. The zero-order valence-electron chi connectivity index (χ0n) is 17.2. The summed E-state index contributed by atoms with van der Waals surface area (Å²) >= 11 is 3.38. The fourth-order valence-electron chi connectivity index (χ4n) is 4.18. The number of rotatable bonds is 3. The number of H-pyrrole nitrogens is 1. The fraction of sp³-hybridized carbons (Fsp3) is 0.0769. The Morgan fingerprint density at radius 2 is 1.66 bits per heavy atom. The Morgan fingerprint density at radius 1 is 0.969 bits per heavy atom. The lowest BCUT2D eigenvalue weighted by Crippen LogP contribution is -2.29. The van der Waals surface area contributed by atoms with E-state index in [2.05, 4.69) is 20.9 Å². The molecule has 2 N–H and O–H groups in total. The fourth-order valence-corrected chi connectivity index (χ4v) is 4.45. The highest BCUT2D eigenvalue weighted by molar-refractivity contribution is 9.10. The summed E-state index contributed by atoms with van der Waals surface area (Å²) in [5.74, 6) is -1.56. The Balaban J connectivity index is 1.77. The van der Waals surface area contributed by atoms with Gasteiger partial charge in [0.15, 0.2) is 0 Å². The summed E-state index contributed by atoms with van der Waals surface area (Å²) in [5, 5.41) is 12.1. The number of halogens is 1. The van der Waals surface area contributed by atoms with Gasteiger partial charge in [-0.15, -0.1) is 0 Å². The number of ketones is 1. The van der Waals surface area contributed by atoms with Crippen molar-refractivity contribution in [2.75, 3.05) is 4.90 Å². The Kier molecular flexibility index (Phi) is 4.94. The maximum absolute atomic E-state index is 13.3. The average molecular weight is 487 g/mol. The Bertz CT molecular complexity index is 1380. The van der Waals surface area contributed by atoms with Gasteiger partial charge in [0.05, 0.1) is 11.6 Å². The van der Waals surface area contributed by atoms with E-state index in [9.17, 15) is 14.7 Å². The van der Waals surface area contributed by atoms with E-state index in [4.69, 9.17) is 0 Å². The van der Waals surface area contributed by atoms with E-state index in [1.165, 1.54) is 4.90 Å². The van der Waals surface area contributed by atoms with Crippen molar-refractivity contribution < 1.29 is 14.7 Å². The van der Waals surface area contributed by atoms with Gasteiger partial charge in [0.25, 0.3) is 11.7 Å². The first-order valence-corrected chi connectivity index (χ1v) is 10.9. The second-order valence-electron chi connectivity index (χ2n) is 7.80. The molecule has 1 aliphatic rings. The standard InChI is InChI=1S/C26H19BrN2O3/c1-15-6-12-18(13-7-15)29-23(20-14-28-21-5-3-2-4-19(20)21)22(25(31)26(29)32)24(30)16-8-10-17(27)11-9-16/h2-14,23,28,30H,1H3/b24-22+. The highest BCUT2D eigenvalue weighted by Gasteiger charge is 2.47. The number of hydrogen-bond acceptors (Lipinski definition) is 3. The average Bonchev–Trinajstić information content (AvgIpc) is 3.33. The smallest absolute Gasteiger partial charge is 0.300 e. The van der Waals surface area contributed by atoms with Crippen molar-refractivity contribution in [2.45, 2.75) is 13.0 Å². The number of carbonyl (C=O) groups excluding carboxylic acids is 2. The molecule has 1 aromatic heterocycles. The lowest BCUT2D eigenvalue weighted by atomic mass is 9.94. The molecule has 1 atom stereocenters. The molecule has 4 aromatic rings. The van der Waals surface area contributed by atoms with Crippen LogP contribution in [0.25, 0.3) is 16.7 Å². The van der Waals surface area contributed by atoms with Crippen LogP contribution in [-0.2, 0) is 9.59 Å². The van der Waals surface area contributed by atoms with Crippen LogP contribution < -0.4 is 4.90 Å². The van der Waals surface area contributed by atoms with Crippen LogP contribution >= 0.6 is 15.9 Å². The number of aliphatic hydroxyl groups is 1. The number of nitrogens with zero attached hydrogens (tertiary/aromatic N) is 1. The number of nitrogens with one attached hydrogen (secondary N) is 1. The minimum atomic E-state index is -0.766. The minimum absolute atomic E-state index is 0.0719. The third kappa shape index (κ3) is 3.24. The van der Waals surface area contributed by atoms with Gasteiger partial charge in [-0.25, -0.2) is 0 Å². The van der Waals surface area contributed by atoms with E-state index in [0.717, 1.165) is 26.5 Å². The lowest BCUT2D eigenvalue weighted by Gasteiger charge is -2.25. The monoisotopic (exact) mass is 486 g/mol. The molecule has 32 heavy (non-hydrogen) atoms. The van der Waals surface area contributed by atoms with Gasteiger partial charge in [0, 0.05) is 38.4 Å². The molecule has 1 fully saturated rings. The normalized spacial score (nSPS) is 17.9. The lowest BCUT2D eigenvalue weighted by molar-refractivity contribution is -0.132. The summed E-state index contributed by atoms with van der Waals surface area (Å²) in [6, 6.07) is 21.4. The number of anilines is 1. The summed E-state index contributed by atoms with van der Waals surface area (Å²) in [5.41, 5.74) is 3.83. The molecule has 158 valence electrons. The molecule has 6 heteroatoms. The van der Waals surface area contributed by atoms with Gasteiger partial charge in [-0.2, -0.15) is 0 Å². The number of para-hydroxylation sites is 1. The largest absolute Gasteiger partial charge is 0.507 e. The van der Waals surface area contributed by atoms with E-state index in [1.807, 2.05) is 55.5 Å². The molecule has 1 saturated heterocycles. The van der Waals surface area contributed by atoms with Crippen molar-refractivity contribution in [2.24, 2.45) is 0 Å². The summed E-state index contributed by atoms with van der Waals surface area (Å²) in [6.07, 6.45) is 1.80. The third-order valence-electron chi connectivity index (χ3n) is 5.79. The number of aryl methyl sites for hydroxylation is 1. The van der Waals surface area contributed by atoms with Gasteiger partial charge >= 0.3 is 0 Å². The van der Waals surface area contributed by atoms with Crippen LogP contribution in [0.1, 0.15) is 22.7 Å². The molecular weight excluding hydrogens is 468 g/mol. The maximum atomic E-state index is 13.3. The highest BCUT2D eigenvalue weighted by atomic mass is 79.9. The van der Waals surface area contributed by atoms with Crippen molar-refractivity contribution in [3.05, 3.63) is 106 Å². The van der Waals surface area contributed by atoms with Crippen LogP contribution in [0, 0.1) is 6.92 Å². The Morgan fingerprint density at radius 3 is 2.38 bits per heavy atom. The van der Waals surface area contributed by atoms with Crippen molar-refractivity contribution in [1.29, 1.82) is 0 Å². The van der Waals surface area contributed by atoms with Crippen molar-refractivity contribution in [3.63, 3.8) is 0 Å². The van der Waals surface area contributed by atoms with Crippen molar-refractivity contribution in [3.8, 4) is 0 Å². The predicted molar refractivity (Wildman–Crippen MR) is 128 cm³/mol. The SMILES string of the molecule is Cc1ccc(N2C(=O)C(=O)/C(=C(/O)c3ccc(Br)cc3)C2c2c[nH]c3ccccc23)cc1. The second kappa shape index (κ2) is 7.80. The number of carbonyl (C=O) groups is 2. The third-order valence-corrected chi connectivity index (χ3v) is 6.32. The number of fused-ring (bicyclic) bond motifs is 1. The zero-order chi connectivity index (χ0) is 22.4. The van der Waals surface area contributed by atoms with Gasteiger partial charge in [0.1, 0.15) is 5.76 Å². The molecule has 5 nitrogen and oxygen atoms in total. The molecule has 0 bridgehead atoms. The van der Waals surface area contributed by atoms with Crippen LogP contribution in [0.2, 0.25) is 0 Å². The molecule has 1 aliphatic heterocycles. The maximum Gasteiger partial charge on any atom is 0.300 e. The number of hydrogen-bond donors (Lipinski definition) is 2. The summed E-state index contributed by atoms with van der Waals surface area (Å²) < 4.78 is 0.849. The number of amides is 1. The van der Waals surface area contributed by atoms with E-state index in [1.54, 1.807) is 30.5 Å². The van der Waals surface area contributed by atoms with Crippen molar-refractivity contribution in [1.82, 2.24) is 4.98 Å². The van der Waals surface area contributed by atoms with Gasteiger partial charge < -0.3 is 10.1 Å². The van der Waals surface area contributed by atoms with Gasteiger partial charge in [0.2, 0.25) is 0 Å². The van der Waals surface area contributed by atoms with Crippen LogP contribution in [0.4, 0.5) is 5.69 Å². The Labute approximate surface area is 193 Å². The topological polar surface area (TPSA) is 73.4 Å². The summed E-state index contributed by atoms with van der Waals surface area (Å²) in [7, 11) is 0. The molecule has 3 aromatic carbocycles. The number of aliphatic hydroxyl groups excluding tert-OH is 1. The molecule has 0 radical (unpaired) electrons. The molecule has 5 rings (SSSR count). The van der Waals surface area contributed by atoms with Crippen LogP contribution in [-0.4, -0.2) is 21.8 Å². The second-order valence-corrected chi connectivity index (χ2v) is 8.72. The first kappa shape index (κ1) is 20.3. The van der Waals surface area contributed by atoms with Crippen molar-refractivity contribution >= 4 is 50.0 Å². The number of aromatic amines is 1. The summed E-state index contributed by atoms with van der Waals surface area (Å²) in [4.78, 5) is 31.2. The number of benzene rings is 3. The molecule has 1 amide bonds. The molecule has 1 unspecified atom stereocenters. The van der Waals surface area contributed by atoms with Crippen LogP contribution in [0.3, 0.4) is 0 Å². The minimum Gasteiger partial charge on any atom is -0.507 e. The molecule has 0 saturated carbocycles. The van der Waals surface area contributed by atoms with E-state index < -0.39 is 17.7 Å². The highest BCUT2D eigenvalue weighted by Crippen LogP contribution is 2.44. The Hall–Kier alpha value is -3.64. The quantitative estimate of drug-likeness (QED) is 0.216. The first-order valence-electron chi connectivity index (χ1n) is 10.2. The number of aromatic nitrogens is 1. The first-order chi connectivity index (χ1) is 15.5. The van der Waals surface area contributed by atoms with E-state index >= 15 is 0 Å². The van der Waals surface area contributed by atoms with E-state index in [0.29, 0.717) is 11.3 Å². The van der Waals surface area contributed by atoms with Gasteiger partial charge in [-0.1, -0.05) is 64.0 Å². The summed E-state index contributed by atoms with van der Waals surface area (Å²) in [6.45, 7) is 1.96. The molecule has 0 aliphatic carbocycles. The van der Waals surface area contributed by atoms with Gasteiger partial charge in [-0.3, -0.25) is 14.5 Å². The van der Waals surface area contributed by atoms with E-state index in [-0.39, 0.29) is 11.3 Å².